The third-order valence-electron chi connectivity index (χ3n) is 6.01. The zero-order chi connectivity index (χ0) is 24.1. The minimum Gasteiger partial charge on any atom is -0.494 e. The monoisotopic (exact) mass is 457 g/mol. The van der Waals surface area contributed by atoms with Crippen molar-refractivity contribution in [3.63, 3.8) is 0 Å². The normalized spacial score (nSPS) is 22.5. The number of dihydropyridines is 1. The number of Topliss-reactive ketones (excluding diaryl/α,β-unsaturated/α-hetero) is 1. The largest absolute Gasteiger partial charge is 0.494 e. The van der Waals surface area contributed by atoms with E-state index in [-0.39, 0.29) is 24.9 Å². The molecule has 0 radical (unpaired) electrons. The van der Waals surface area contributed by atoms with Gasteiger partial charge in [-0.1, -0.05) is 19.1 Å². The zero-order valence-corrected chi connectivity index (χ0v) is 19.7. The van der Waals surface area contributed by atoms with Crippen molar-refractivity contribution in [2.24, 2.45) is 11.8 Å². The van der Waals surface area contributed by atoms with E-state index in [9.17, 15) is 14.4 Å². The SMILES string of the molecule is CCOc1ccc([C@@H]2C(C(=O)OCCOC)=C(C)NC3=C2C(=O)[C@H](C(=O)OC)[C@@H](C)C3)cc1. The van der Waals surface area contributed by atoms with Crippen molar-refractivity contribution in [2.75, 3.05) is 34.0 Å². The lowest BCUT2D eigenvalue weighted by atomic mass is 9.69. The van der Waals surface area contributed by atoms with Crippen molar-refractivity contribution in [2.45, 2.75) is 33.1 Å². The molecule has 0 spiro atoms. The second kappa shape index (κ2) is 10.7. The van der Waals surface area contributed by atoms with Crippen LogP contribution in [0.1, 0.15) is 38.7 Å². The second-order valence-corrected chi connectivity index (χ2v) is 8.17. The fraction of sp³-hybridized carbons (Fsp3) is 0.480. The van der Waals surface area contributed by atoms with E-state index in [0.29, 0.717) is 35.6 Å². The Hall–Kier alpha value is -3.13. The summed E-state index contributed by atoms with van der Waals surface area (Å²) in [5.74, 6) is -2.60. The summed E-state index contributed by atoms with van der Waals surface area (Å²) in [7, 11) is 2.80. The Balaban J connectivity index is 2.10. The number of esters is 2. The summed E-state index contributed by atoms with van der Waals surface area (Å²) >= 11 is 0. The van der Waals surface area contributed by atoms with E-state index in [1.54, 1.807) is 19.1 Å². The maximum atomic E-state index is 13.6. The van der Waals surface area contributed by atoms with Crippen LogP contribution in [0.4, 0.5) is 0 Å². The van der Waals surface area contributed by atoms with Crippen LogP contribution in [0.5, 0.6) is 5.75 Å². The molecule has 3 rings (SSSR count). The zero-order valence-electron chi connectivity index (χ0n) is 19.7. The minimum atomic E-state index is -0.926. The van der Waals surface area contributed by atoms with E-state index in [1.807, 2.05) is 26.0 Å². The highest BCUT2D eigenvalue weighted by molar-refractivity contribution is 6.12. The minimum absolute atomic E-state index is 0.0871. The Morgan fingerprint density at radius 3 is 2.42 bits per heavy atom. The average Bonchev–Trinajstić information content (AvgIpc) is 2.78. The molecule has 0 amide bonds. The van der Waals surface area contributed by atoms with Gasteiger partial charge in [0.05, 0.1) is 25.9 Å². The number of hydrogen-bond donors (Lipinski definition) is 1. The van der Waals surface area contributed by atoms with Gasteiger partial charge in [-0.25, -0.2) is 4.79 Å². The molecule has 33 heavy (non-hydrogen) atoms. The third kappa shape index (κ3) is 4.95. The van der Waals surface area contributed by atoms with Gasteiger partial charge in [0, 0.05) is 30.0 Å². The first-order valence-corrected chi connectivity index (χ1v) is 11.1. The number of ketones is 1. The fourth-order valence-electron chi connectivity index (χ4n) is 4.50. The summed E-state index contributed by atoms with van der Waals surface area (Å²) in [4.78, 5) is 39.2. The molecule has 2 aliphatic rings. The van der Waals surface area contributed by atoms with Crippen LogP contribution in [0.15, 0.2) is 46.8 Å². The summed E-state index contributed by atoms with van der Waals surface area (Å²) in [6.07, 6.45) is 0.484. The summed E-state index contributed by atoms with van der Waals surface area (Å²) in [6.45, 7) is 6.41. The van der Waals surface area contributed by atoms with Crippen molar-refractivity contribution < 1.29 is 33.3 Å². The van der Waals surface area contributed by atoms with E-state index >= 15 is 0 Å². The van der Waals surface area contributed by atoms with Crippen LogP contribution in [0.25, 0.3) is 0 Å². The summed E-state index contributed by atoms with van der Waals surface area (Å²) in [6, 6.07) is 7.27. The first-order valence-electron chi connectivity index (χ1n) is 11.1. The van der Waals surface area contributed by atoms with Crippen LogP contribution in [-0.4, -0.2) is 51.8 Å². The van der Waals surface area contributed by atoms with Gasteiger partial charge in [0.25, 0.3) is 0 Å². The van der Waals surface area contributed by atoms with Gasteiger partial charge in [0.2, 0.25) is 0 Å². The smallest absolute Gasteiger partial charge is 0.336 e. The first kappa shape index (κ1) is 24.5. The number of hydrogen-bond acceptors (Lipinski definition) is 8. The molecule has 8 heteroatoms. The van der Waals surface area contributed by atoms with Gasteiger partial charge in [0.15, 0.2) is 5.78 Å². The van der Waals surface area contributed by atoms with Crippen molar-refractivity contribution in [1.29, 1.82) is 0 Å². The molecule has 0 saturated carbocycles. The van der Waals surface area contributed by atoms with E-state index < -0.39 is 23.8 Å². The highest BCUT2D eigenvalue weighted by Crippen LogP contribution is 2.45. The molecule has 1 aromatic rings. The van der Waals surface area contributed by atoms with Gasteiger partial charge < -0.3 is 24.3 Å². The molecule has 0 bridgehead atoms. The number of benzene rings is 1. The number of methoxy groups -OCH3 is 2. The number of nitrogens with one attached hydrogen (secondary N) is 1. The second-order valence-electron chi connectivity index (χ2n) is 8.17. The van der Waals surface area contributed by atoms with Gasteiger partial charge in [0.1, 0.15) is 18.3 Å². The Kier molecular flexibility index (Phi) is 7.92. The van der Waals surface area contributed by atoms with E-state index in [4.69, 9.17) is 18.9 Å². The molecule has 1 N–H and O–H groups in total. The molecule has 8 nitrogen and oxygen atoms in total. The Morgan fingerprint density at radius 2 is 1.82 bits per heavy atom. The first-order chi connectivity index (χ1) is 15.8. The van der Waals surface area contributed by atoms with E-state index in [2.05, 4.69) is 5.32 Å². The number of rotatable bonds is 8. The predicted molar refractivity (Wildman–Crippen MR) is 120 cm³/mol. The molecule has 1 aromatic carbocycles. The van der Waals surface area contributed by atoms with Crippen molar-refractivity contribution >= 4 is 17.7 Å². The van der Waals surface area contributed by atoms with Crippen LogP contribution in [0, 0.1) is 11.8 Å². The molecule has 1 aliphatic heterocycles. The molecular formula is C25H31NO7. The quantitative estimate of drug-likeness (QED) is 0.361. The molecular weight excluding hydrogens is 426 g/mol. The number of allylic oxidation sites excluding steroid dienone is 3. The van der Waals surface area contributed by atoms with E-state index in [0.717, 1.165) is 11.3 Å². The lowest BCUT2D eigenvalue weighted by molar-refractivity contribution is -0.151. The topological polar surface area (TPSA) is 100 Å². The predicted octanol–water partition coefficient (Wildman–Crippen LogP) is 2.89. The van der Waals surface area contributed by atoms with Gasteiger partial charge >= 0.3 is 11.9 Å². The van der Waals surface area contributed by atoms with Crippen LogP contribution in [0.3, 0.4) is 0 Å². The lowest BCUT2D eigenvalue weighted by Gasteiger charge is -2.38. The number of carbonyl (C=O) groups is 3. The Labute approximate surface area is 193 Å². The molecule has 0 aromatic heterocycles. The maximum absolute atomic E-state index is 13.6. The Bertz CT molecular complexity index is 977. The van der Waals surface area contributed by atoms with Gasteiger partial charge in [-0.05, 0) is 43.9 Å². The van der Waals surface area contributed by atoms with Gasteiger partial charge in [-0.2, -0.15) is 0 Å². The van der Waals surface area contributed by atoms with Gasteiger partial charge in [-0.3, -0.25) is 9.59 Å². The highest BCUT2D eigenvalue weighted by Gasteiger charge is 2.47. The van der Waals surface area contributed by atoms with Crippen molar-refractivity contribution in [3.05, 3.63) is 52.4 Å². The van der Waals surface area contributed by atoms with Crippen LogP contribution >= 0.6 is 0 Å². The average molecular weight is 458 g/mol. The summed E-state index contributed by atoms with van der Waals surface area (Å²) in [5, 5.41) is 3.24. The Morgan fingerprint density at radius 1 is 1.12 bits per heavy atom. The van der Waals surface area contributed by atoms with Crippen LogP contribution in [-0.2, 0) is 28.6 Å². The highest BCUT2D eigenvalue weighted by atomic mass is 16.6. The maximum Gasteiger partial charge on any atom is 0.336 e. The molecule has 1 heterocycles. The fourth-order valence-corrected chi connectivity index (χ4v) is 4.50. The van der Waals surface area contributed by atoms with Crippen molar-refractivity contribution in [1.82, 2.24) is 5.32 Å². The van der Waals surface area contributed by atoms with Gasteiger partial charge in [-0.15, -0.1) is 0 Å². The number of ether oxygens (including phenoxy) is 4. The number of carbonyl (C=O) groups excluding carboxylic acids is 3. The molecule has 178 valence electrons. The van der Waals surface area contributed by atoms with Crippen LogP contribution in [0.2, 0.25) is 0 Å². The standard InChI is InChI=1S/C25H31NO7/c1-6-32-17-9-7-16(8-10-17)21-20(25(29)33-12-11-30-4)15(3)26-18-13-14(2)19(24(28)31-5)23(27)22(18)21/h7-10,14,19,21,26H,6,11-13H2,1-5H3/t14-,19+,21+/m0/s1. The van der Waals surface area contributed by atoms with E-state index in [1.165, 1.54) is 14.2 Å². The molecule has 3 atom stereocenters. The molecule has 0 fully saturated rings. The molecule has 0 saturated heterocycles. The summed E-state index contributed by atoms with van der Waals surface area (Å²) in [5.41, 5.74) is 2.80. The summed E-state index contributed by atoms with van der Waals surface area (Å²) < 4.78 is 20.9. The third-order valence-corrected chi connectivity index (χ3v) is 6.01. The van der Waals surface area contributed by atoms with Crippen molar-refractivity contribution in [3.8, 4) is 5.75 Å². The lowest BCUT2D eigenvalue weighted by Crippen LogP contribution is -2.43. The molecule has 1 aliphatic carbocycles. The van der Waals surface area contributed by atoms with Crippen LogP contribution < -0.4 is 10.1 Å². The molecule has 0 unspecified atom stereocenters.